The lowest BCUT2D eigenvalue weighted by atomic mass is 10.1. The fraction of sp³-hybridized carbons (Fsp3) is 0.562. The summed E-state index contributed by atoms with van der Waals surface area (Å²) in [5, 5.41) is 0. The minimum atomic E-state index is 0.796. The summed E-state index contributed by atoms with van der Waals surface area (Å²) >= 11 is 0. The van der Waals surface area contributed by atoms with E-state index in [1.54, 1.807) is 0 Å². The molecule has 0 heterocycles. The maximum Gasteiger partial charge on any atom is 0.150 e. The first kappa shape index (κ1) is 14.7. The van der Waals surface area contributed by atoms with E-state index in [1.165, 1.54) is 31.4 Å². The highest BCUT2D eigenvalue weighted by Crippen LogP contribution is 2.19. The molecule has 1 rings (SSSR count). The molecule has 0 fully saturated rings. The van der Waals surface area contributed by atoms with Crippen molar-refractivity contribution in [1.29, 1.82) is 0 Å². The number of carbonyl (C=O) groups is 1. The zero-order chi connectivity index (χ0) is 13.4. The molecular formula is C16H25NO. The Morgan fingerprint density at radius 1 is 1.11 bits per heavy atom. The maximum atomic E-state index is 10.8. The van der Waals surface area contributed by atoms with Crippen LogP contribution in [0.1, 0.15) is 55.5 Å². The number of benzene rings is 1. The van der Waals surface area contributed by atoms with E-state index in [4.69, 9.17) is 0 Å². The summed E-state index contributed by atoms with van der Waals surface area (Å²) in [5.41, 5.74) is 3.12. The Hall–Kier alpha value is -1.31. The van der Waals surface area contributed by atoms with E-state index < -0.39 is 0 Å². The number of anilines is 1. The second-order valence-corrected chi connectivity index (χ2v) is 4.85. The van der Waals surface area contributed by atoms with E-state index in [0.717, 1.165) is 30.5 Å². The Bertz CT molecular complexity index is 365. The van der Waals surface area contributed by atoms with E-state index in [-0.39, 0.29) is 0 Å². The van der Waals surface area contributed by atoms with Gasteiger partial charge in [-0.15, -0.1) is 0 Å². The number of nitrogens with zero attached hydrogens (tertiary/aromatic N) is 1. The van der Waals surface area contributed by atoms with Crippen LogP contribution in [0.25, 0.3) is 0 Å². The zero-order valence-electron chi connectivity index (χ0n) is 11.9. The number of hydrogen-bond donors (Lipinski definition) is 0. The molecule has 0 amide bonds. The van der Waals surface area contributed by atoms with Gasteiger partial charge in [-0.2, -0.15) is 0 Å². The third-order valence-corrected chi connectivity index (χ3v) is 3.31. The van der Waals surface area contributed by atoms with Crippen LogP contribution >= 0.6 is 0 Å². The summed E-state index contributed by atoms with van der Waals surface area (Å²) in [5.74, 6) is 0. The van der Waals surface area contributed by atoms with Gasteiger partial charge in [-0.05, 0) is 43.5 Å². The molecule has 2 heteroatoms. The highest BCUT2D eigenvalue weighted by Gasteiger charge is 2.07. The lowest BCUT2D eigenvalue weighted by Gasteiger charge is -2.25. The minimum absolute atomic E-state index is 0.796. The Kier molecular flexibility index (Phi) is 6.48. The molecule has 0 saturated carbocycles. The maximum absolute atomic E-state index is 10.8. The molecule has 1 aromatic rings. The van der Waals surface area contributed by atoms with Gasteiger partial charge in [0.05, 0.1) is 0 Å². The summed E-state index contributed by atoms with van der Waals surface area (Å²) in [4.78, 5) is 13.3. The Labute approximate surface area is 111 Å². The van der Waals surface area contributed by atoms with Crippen molar-refractivity contribution in [1.82, 2.24) is 0 Å². The minimum Gasteiger partial charge on any atom is -0.372 e. The van der Waals surface area contributed by atoms with E-state index in [0.29, 0.717) is 0 Å². The van der Waals surface area contributed by atoms with Crippen LogP contribution in [0.15, 0.2) is 18.2 Å². The van der Waals surface area contributed by atoms with E-state index in [2.05, 4.69) is 30.9 Å². The molecule has 0 aliphatic carbocycles. The fourth-order valence-corrected chi connectivity index (χ4v) is 2.06. The van der Waals surface area contributed by atoms with Crippen LogP contribution in [0.4, 0.5) is 5.69 Å². The Morgan fingerprint density at radius 2 is 1.72 bits per heavy atom. The van der Waals surface area contributed by atoms with Gasteiger partial charge in [0.25, 0.3) is 0 Å². The number of aldehydes is 1. The normalized spacial score (nSPS) is 10.4. The molecule has 0 spiro atoms. The van der Waals surface area contributed by atoms with Crippen LogP contribution in [-0.4, -0.2) is 19.4 Å². The Morgan fingerprint density at radius 3 is 2.17 bits per heavy atom. The quantitative estimate of drug-likeness (QED) is 0.641. The molecule has 100 valence electrons. The highest BCUT2D eigenvalue weighted by molar-refractivity contribution is 5.78. The molecule has 0 N–H and O–H groups in total. The predicted molar refractivity (Wildman–Crippen MR) is 78.6 cm³/mol. The molecule has 0 bridgehead atoms. The second kappa shape index (κ2) is 7.91. The molecule has 0 aliphatic heterocycles. The average molecular weight is 247 g/mol. The smallest absolute Gasteiger partial charge is 0.150 e. The number of aryl methyl sites for hydroxylation is 1. The van der Waals surface area contributed by atoms with Gasteiger partial charge in [0.15, 0.2) is 0 Å². The predicted octanol–water partition coefficient (Wildman–Crippen LogP) is 4.21. The molecule has 18 heavy (non-hydrogen) atoms. The van der Waals surface area contributed by atoms with E-state index in [9.17, 15) is 4.79 Å². The standard InChI is InChI=1S/C16H25NO/c1-4-6-10-17(11-7-5-2)16-9-8-15(13-18)14(3)12-16/h8-9,12-13H,4-7,10-11H2,1-3H3. The highest BCUT2D eigenvalue weighted by atomic mass is 16.1. The number of unbranched alkanes of at least 4 members (excludes halogenated alkanes) is 2. The molecule has 0 radical (unpaired) electrons. The largest absolute Gasteiger partial charge is 0.372 e. The zero-order valence-corrected chi connectivity index (χ0v) is 11.9. The number of carbonyl (C=O) groups excluding carboxylic acids is 1. The van der Waals surface area contributed by atoms with Crippen LogP contribution in [-0.2, 0) is 0 Å². The van der Waals surface area contributed by atoms with Gasteiger partial charge in [-0.25, -0.2) is 0 Å². The summed E-state index contributed by atoms with van der Waals surface area (Å²) in [6.45, 7) is 8.66. The topological polar surface area (TPSA) is 20.3 Å². The molecule has 0 unspecified atom stereocenters. The first-order valence-corrected chi connectivity index (χ1v) is 7.03. The second-order valence-electron chi connectivity index (χ2n) is 4.85. The summed E-state index contributed by atoms with van der Waals surface area (Å²) in [6, 6.07) is 6.14. The van der Waals surface area contributed by atoms with Gasteiger partial charge < -0.3 is 4.90 Å². The van der Waals surface area contributed by atoms with Gasteiger partial charge in [0.2, 0.25) is 0 Å². The van der Waals surface area contributed by atoms with Crippen molar-refractivity contribution in [2.24, 2.45) is 0 Å². The van der Waals surface area contributed by atoms with Crippen molar-refractivity contribution >= 4 is 12.0 Å². The SMILES string of the molecule is CCCCN(CCCC)c1ccc(C=O)c(C)c1. The van der Waals surface area contributed by atoms with E-state index in [1.807, 2.05) is 13.0 Å². The van der Waals surface area contributed by atoms with Crippen molar-refractivity contribution in [2.75, 3.05) is 18.0 Å². The average Bonchev–Trinajstić information content (AvgIpc) is 2.39. The molecule has 2 nitrogen and oxygen atoms in total. The molecular weight excluding hydrogens is 222 g/mol. The lowest BCUT2D eigenvalue weighted by Crippen LogP contribution is -2.25. The van der Waals surface area contributed by atoms with Crippen molar-refractivity contribution in [3.63, 3.8) is 0 Å². The van der Waals surface area contributed by atoms with Crippen molar-refractivity contribution < 1.29 is 4.79 Å². The van der Waals surface area contributed by atoms with Crippen LogP contribution in [0.3, 0.4) is 0 Å². The van der Waals surface area contributed by atoms with Crippen molar-refractivity contribution in [2.45, 2.75) is 46.5 Å². The van der Waals surface area contributed by atoms with E-state index >= 15 is 0 Å². The molecule has 0 aliphatic rings. The van der Waals surface area contributed by atoms with Gasteiger partial charge in [0.1, 0.15) is 6.29 Å². The molecule has 0 atom stereocenters. The van der Waals surface area contributed by atoms with Gasteiger partial charge >= 0.3 is 0 Å². The van der Waals surface area contributed by atoms with Crippen LogP contribution < -0.4 is 4.90 Å². The third-order valence-electron chi connectivity index (χ3n) is 3.31. The summed E-state index contributed by atoms with van der Waals surface area (Å²) in [7, 11) is 0. The monoisotopic (exact) mass is 247 g/mol. The third kappa shape index (κ3) is 4.17. The van der Waals surface area contributed by atoms with Gasteiger partial charge in [-0.3, -0.25) is 4.79 Å². The molecule has 0 aromatic heterocycles. The number of rotatable bonds is 8. The molecule has 0 saturated heterocycles. The lowest BCUT2D eigenvalue weighted by molar-refractivity contribution is 0.112. The van der Waals surface area contributed by atoms with Gasteiger partial charge in [-0.1, -0.05) is 26.7 Å². The fourth-order valence-electron chi connectivity index (χ4n) is 2.06. The van der Waals surface area contributed by atoms with Crippen molar-refractivity contribution in [3.8, 4) is 0 Å². The number of hydrogen-bond acceptors (Lipinski definition) is 2. The first-order chi connectivity index (χ1) is 8.72. The van der Waals surface area contributed by atoms with Crippen LogP contribution in [0.2, 0.25) is 0 Å². The van der Waals surface area contributed by atoms with Crippen LogP contribution in [0.5, 0.6) is 0 Å². The van der Waals surface area contributed by atoms with Crippen molar-refractivity contribution in [3.05, 3.63) is 29.3 Å². The van der Waals surface area contributed by atoms with Gasteiger partial charge in [0, 0.05) is 24.3 Å². The Balaban J connectivity index is 2.82. The first-order valence-electron chi connectivity index (χ1n) is 7.03. The molecule has 1 aromatic carbocycles. The summed E-state index contributed by atoms with van der Waals surface area (Å²) in [6.07, 6.45) is 5.81. The van der Waals surface area contributed by atoms with Crippen LogP contribution in [0, 0.1) is 6.92 Å². The summed E-state index contributed by atoms with van der Waals surface area (Å²) < 4.78 is 0.